The van der Waals surface area contributed by atoms with E-state index in [-0.39, 0.29) is 23.7 Å². The molecule has 1 heterocycles. The maximum Gasteiger partial charge on any atom is 0.234 e. The van der Waals surface area contributed by atoms with Crippen LogP contribution in [0.1, 0.15) is 25.5 Å². The summed E-state index contributed by atoms with van der Waals surface area (Å²) in [5, 5.41) is 6.35. The molecule has 0 aromatic heterocycles. The maximum atomic E-state index is 13.0. The van der Waals surface area contributed by atoms with Crippen molar-refractivity contribution in [3.63, 3.8) is 0 Å². The molecule has 4 nitrogen and oxygen atoms in total. The van der Waals surface area contributed by atoms with E-state index in [4.69, 9.17) is 0 Å². The van der Waals surface area contributed by atoms with Crippen LogP contribution in [0.4, 0.5) is 4.39 Å². The van der Waals surface area contributed by atoms with Crippen molar-refractivity contribution in [1.29, 1.82) is 0 Å². The van der Waals surface area contributed by atoms with Crippen molar-refractivity contribution in [3.8, 4) is 0 Å². The summed E-state index contributed by atoms with van der Waals surface area (Å²) in [6.45, 7) is 8.19. The second kappa shape index (κ2) is 7.52. The summed E-state index contributed by atoms with van der Waals surface area (Å²) in [6.07, 6.45) is 0. The molecule has 2 N–H and O–H groups in total. The first-order valence-electron chi connectivity index (χ1n) is 7.54. The van der Waals surface area contributed by atoms with Crippen molar-refractivity contribution in [2.75, 3.05) is 32.7 Å². The fourth-order valence-corrected chi connectivity index (χ4v) is 2.60. The minimum atomic E-state index is -0.256. The zero-order valence-electron chi connectivity index (χ0n) is 12.7. The first-order valence-corrected chi connectivity index (χ1v) is 7.54. The Balaban J connectivity index is 1.95. The van der Waals surface area contributed by atoms with E-state index in [1.54, 1.807) is 12.1 Å². The van der Waals surface area contributed by atoms with Gasteiger partial charge in [0, 0.05) is 26.2 Å². The second-order valence-electron chi connectivity index (χ2n) is 5.87. The van der Waals surface area contributed by atoms with Gasteiger partial charge < -0.3 is 10.6 Å². The number of amides is 1. The molecule has 1 saturated heterocycles. The van der Waals surface area contributed by atoms with Crippen LogP contribution < -0.4 is 10.6 Å². The molecule has 1 fully saturated rings. The molecule has 1 aromatic rings. The van der Waals surface area contributed by atoms with E-state index in [0.29, 0.717) is 6.54 Å². The van der Waals surface area contributed by atoms with Gasteiger partial charge in [0.2, 0.25) is 5.91 Å². The van der Waals surface area contributed by atoms with E-state index in [1.807, 2.05) is 0 Å². The van der Waals surface area contributed by atoms with E-state index in [2.05, 4.69) is 29.4 Å². The SMILES string of the molecule is CC(C)C(NC(=O)CN1CCNCC1)c1ccc(F)cc1. The molecule has 21 heavy (non-hydrogen) atoms. The Hall–Kier alpha value is -1.46. The van der Waals surface area contributed by atoms with Crippen molar-refractivity contribution in [2.24, 2.45) is 5.92 Å². The first-order chi connectivity index (χ1) is 10.1. The summed E-state index contributed by atoms with van der Waals surface area (Å²) >= 11 is 0. The van der Waals surface area contributed by atoms with E-state index in [9.17, 15) is 9.18 Å². The number of nitrogens with zero attached hydrogens (tertiary/aromatic N) is 1. The van der Waals surface area contributed by atoms with Crippen LogP contribution >= 0.6 is 0 Å². The van der Waals surface area contributed by atoms with Crippen molar-refractivity contribution in [3.05, 3.63) is 35.6 Å². The average molecular weight is 293 g/mol. The summed E-state index contributed by atoms with van der Waals surface area (Å²) in [5.74, 6) is 0.0239. The van der Waals surface area contributed by atoms with E-state index in [0.717, 1.165) is 31.7 Å². The summed E-state index contributed by atoms with van der Waals surface area (Å²) in [4.78, 5) is 14.4. The monoisotopic (exact) mass is 293 g/mol. The Labute approximate surface area is 125 Å². The standard InChI is InChI=1S/C16H24FN3O/c1-12(2)16(13-3-5-14(17)6-4-13)19-15(21)11-20-9-7-18-8-10-20/h3-6,12,16,18H,7-11H2,1-2H3,(H,19,21). The number of hydrogen-bond acceptors (Lipinski definition) is 3. The normalized spacial score (nSPS) is 17.7. The molecule has 0 radical (unpaired) electrons. The number of hydrogen-bond donors (Lipinski definition) is 2. The van der Waals surface area contributed by atoms with Gasteiger partial charge in [-0.15, -0.1) is 0 Å². The molecule has 0 spiro atoms. The molecule has 1 aromatic carbocycles. The first kappa shape index (κ1) is 15.9. The molecular weight excluding hydrogens is 269 g/mol. The molecule has 0 saturated carbocycles. The molecule has 2 rings (SSSR count). The van der Waals surface area contributed by atoms with Gasteiger partial charge in [-0.25, -0.2) is 4.39 Å². The van der Waals surface area contributed by atoms with E-state index in [1.165, 1.54) is 12.1 Å². The minimum absolute atomic E-state index is 0.0277. The highest BCUT2D eigenvalue weighted by atomic mass is 19.1. The molecule has 1 atom stereocenters. The van der Waals surface area contributed by atoms with Crippen LogP contribution in [-0.2, 0) is 4.79 Å². The number of carbonyl (C=O) groups is 1. The van der Waals surface area contributed by atoms with Crippen LogP contribution in [0.2, 0.25) is 0 Å². The number of rotatable bonds is 5. The van der Waals surface area contributed by atoms with Gasteiger partial charge in [0.15, 0.2) is 0 Å². The average Bonchev–Trinajstić information content (AvgIpc) is 2.47. The van der Waals surface area contributed by atoms with Crippen LogP contribution in [0.5, 0.6) is 0 Å². The lowest BCUT2D eigenvalue weighted by Crippen LogP contribution is -2.48. The van der Waals surface area contributed by atoms with Crippen LogP contribution in [0.3, 0.4) is 0 Å². The highest BCUT2D eigenvalue weighted by Crippen LogP contribution is 2.21. The number of nitrogens with one attached hydrogen (secondary N) is 2. The topological polar surface area (TPSA) is 44.4 Å². The van der Waals surface area contributed by atoms with E-state index >= 15 is 0 Å². The number of halogens is 1. The molecule has 0 aliphatic carbocycles. The zero-order valence-corrected chi connectivity index (χ0v) is 12.7. The third kappa shape index (κ3) is 4.79. The molecule has 1 amide bonds. The highest BCUT2D eigenvalue weighted by Gasteiger charge is 2.20. The Kier molecular flexibility index (Phi) is 5.70. The van der Waals surface area contributed by atoms with Crippen molar-refractivity contribution in [1.82, 2.24) is 15.5 Å². The minimum Gasteiger partial charge on any atom is -0.348 e. The molecule has 5 heteroatoms. The summed E-state index contributed by atoms with van der Waals surface area (Å²) in [6, 6.07) is 6.28. The van der Waals surface area contributed by atoms with Gasteiger partial charge in [-0.2, -0.15) is 0 Å². The number of carbonyl (C=O) groups excluding carboxylic acids is 1. The van der Waals surface area contributed by atoms with Gasteiger partial charge in [0.1, 0.15) is 5.82 Å². The van der Waals surface area contributed by atoms with Gasteiger partial charge in [0.05, 0.1) is 12.6 Å². The summed E-state index contributed by atoms with van der Waals surface area (Å²) in [7, 11) is 0. The number of benzene rings is 1. The maximum absolute atomic E-state index is 13.0. The zero-order chi connectivity index (χ0) is 15.2. The van der Waals surface area contributed by atoms with Crippen LogP contribution in [0.15, 0.2) is 24.3 Å². The third-order valence-electron chi connectivity index (χ3n) is 3.79. The van der Waals surface area contributed by atoms with Gasteiger partial charge in [-0.3, -0.25) is 9.69 Å². The fraction of sp³-hybridized carbons (Fsp3) is 0.562. The Bertz CT molecular complexity index is 455. The highest BCUT2D eigenvalue weighted by molar-refractivity contribution is 5.78. The van der Waals surface area contributed by atoms with Gasteiger partial charge in [0.25, 0.3) is 0 Å². The Morgan fingerprint density at radius 2 is 1.90 bits per heavy atom. The Morgan fingerprint density at radius 3 is 2.48 bits per heavy atom. The molecule has 0 bridgehead atoms. The Morgan fingerprint density at radius 1 is 1.29 bits per heavy atom. The van der Waals surface area contributed by atoms with Gasteiger partial charge in [-0.05, 0) is 23.6 Å². The summed E-state index contributed by atoms with van der Waals surface area (Å²) in [5.41, 5.74) is 0.945. The quantitative estimate of drug-likeness (QED) is 0.865. The van der Waals surface area contributed by atoms with Crippen LogP contribution in [0.25, 0.3) is 0 Å². The van der Waals surface area contributed by atoms with E-state index < -0.39 is 0 Å². The smallest absolute Gasteiger partial charge is 0.234 e. The largest absolute Gasteiger partial charge is 0.348 e. The molecule has 1 aliphatic heterocycles. The third-order valence-corrected chi connectivity index (χ3v) is 3.79. The number of piperazine rings is 1. The van der Waals surface area contributed by atoms with Crippen LogP contribution in [-0.4, -0.2) is 43.5 Å². The van der Waals surface area contributed by atoms with Crippen molar-refractivity contribution < 1.29 is 9.18 Å². The fourth-order valence-electron chi connectivity index (χ4n) is 2.60. The predicted octanol–water partition coefficient (Wildman–Crippen LogP) is 1.54. The predicted molar refractivity (Wildman–Crippen MR) is 81.4 cm³/mol. The molecule has 116 valence electrons. The summed E-state index contributed by atoms with van der Waals surface area (Å²) < 4.78 is 13.0. The van der Waals surface area contributed by atoms with Gasteiger partial charge >= 0.3 is 0 Å². The molecular formula is C16H24FN3O. The lowest BCUT2D eigenvalue weighted by atomic mass is 9.96. The lowest BCUT2D eigenvalue weighted by Gasteiger charge is -2.28. The second-order valence-corrected chi connectivity index (χ2v) is 5.87. The van der Waals surface area contributed by atoms with Crippen LogP contribution in [0, 0.1) is 11.7 Å². The lowest BCUT2D eigenvalue weighted by molar-refractivity contribution is -0.123. The van der Waals surface area contributed by atoms with Crippen molar-refractivity contribution >= 4 is 5.91 Å². The van der Waals surface area contributed by atoms with Crippen molar-refractivity contribution in [2.45, 2.75) is 19.9 Å². The molecule has 1 aliphatic rings. The molecule has 1 unspecified atom stereocenters. The van der Waals surface area contributed by atoms with Gasteiger partial charge in [-0.1, -0.05) is 26.0 Å².